The van der Waals surface area contributed by atoms with Crippen LogP contribution in [0.15, 0.2) is 11.3 Å². The molecule has 1 spiro atoms. The van der Waals surface area contributed by atoms with Crippen molar-refractivity contribution in [1.82, 2.24) is 0 Å². The van der Waals surface area contributed by atoms with Gasteiger partial charge in [-0.05, 0) is 19.8 Å². The molecule has 0 aromatic rings. The highest BCUT2D eigenvalue weighted by atomic mass is 16.6. The van der Waals surface area contributed by atoms with E-state index in [4.69, 9.17) is 9.47 Å². The minimum absolute atomic E-state index is 0.0418. The van der Waals surface area contributed by atoms with E-state index in [1.165, 1.54) is 0 Å². The minimum Gasteiger partial charge on any atom is -0.483 e. The summed E-state index contributed by atoms with van der Waals surface area (Å²) in [6.07, 6.45) is 0.200. The molecule has 0 aromatic carbocycles. The number of hydrogen-bond donors (Lipinski definition) is 2. The summed E-state index contributed by atoms with van der Waals surface area (Å²) in [5.74, 6) is -2.65. The van der Waals surface area contributed by atoms with Crippen LogP contribution in [0.4, 0.5) is 0 Å². The highest BCUT2D eigenvalue weighted by molar-refractivity contribution is 6.20. The number of aliphatic hydroxyl groups is 2. The van der Waals surface area contributed by atoms with Crippen LogP contribution in [-0.4, -0.2) is 51.7 Å². The first-order valence-electron chi connectivity index (χ1n) is 9.68. The summed E-state index contributed by atoms with van der Waals surface area (Å²) in [6.45, 7) is 4.97. The third-order valence-electron chi connectivity index (χ3n) is 7.21. The molecule has 5 rings (SSSR count). The van der Waals surface area contributed by atoms with Crippen LogP contribution >= 0.6 is 0 Å². The fraction of sp³-hybridized carbons (Fsp3) is 0.750. The van der Waals surface area contributed by atoms with Gasteiger partial charge in [0.15, 0.2) is 17.1 Å². The molecular weight excluding hydrogens is 352 g/mol. The van der Waals surface area contributed by atoms with Gasteiger partial charge in [-0.2, -0.15) is 0 Å². The first kappa shape index (κ1) is 18.6. The number of esters is 1. The molecule has 7 atom stereocenters. The van der Waals surface area contributed by atoms with Crippen molar-refractivity contribution >= 4 is 17.5 Å². The van der Waals surface area contributed by atoms with Crippen molar-refractivity contribution < 1.29 is 34.1 Å². The molecule has 0 radical (unpaired) electrons. The van der Waals surface area contributed by atoms with Crippen LogP contribution in [-0.2, 0) is 23.9 Å². The summed E-state index contributed by atoms with van der Waals surface area (Å²) in [6, 6.07) is 0. The first-order chi connectivity index (χ1) is 12.7. The predicted octanol–water partition coefficient (Wildman–Crippen LogP) is 0.909. The Labute approximate surface area is 157 Å². The van der Waals surface area contributed by atoms with Gasteiger partial charge in [0, 0.05) is 43.1 Å². The highest BCUT2D eigenvalue weighted by Gasteiger charge is 2.72. The lowest BCUT2D eigenvalue weighted by Crippen LogP contribution is -2.70. The Balaban J connectivity index is 1.90. The molecule has 3 aliphatic heterocycles. The summed E-state index contributed by atoms with van der Waals surface area (Å²) < 4.78 is 11.8. The molecule has 1 saturated carbocycles. The van der Waals surface area contributed by atoms with Gasteiger partial charge in [-0.25, -0.2) is 4.79 Å². The highest BCUT2D eigenvalue weighted by Crippen LogP contribution is 2.61. The van der Waals surface area contributed by atoms with Gasteiger partial charge in [-0.15, -0.1) is 0 Å². The number of fused-ring (bicyclic) bond motifs is 1. The molecular formula is C20H26O7. The third kappa shape index (κ3) is 2.30. The molecule has 0 unspecified atom stereocenters. The van der Waals surface area contributed by atoms with Crippen molar-refractivity contribution in [3.63, 3.8) is 0 Å². The van der Waals surface area contributed by atoms with E-state index in [0.717, 1.165) is 0 Å². The summed E-state index contributed by atoms with van der Waals surface area (Å²) >= 11 is 0. The molecule has 2 N–H and O–H groups in total. The lowest BCUT2D eigenvalue weighted by atomic mass is 9.57. The molecule has 0 aromatic heterocycles. The predicted molar refractivity (Wildman–Crippen MR) is 92.2 cm³/mol. The van der Waals surface area contributed by atoms with E-state index in [9.17, 15) is 24.6 Å². The summed E-state index contributed by atoms with van der Waals surface area (Å²) in [7, 11) is 0. The molecule has 3 heterocycles. The van der Waals surface area contributed by atoms with E-state index in [2.05, 4.69) is 0 Å². The lowest BCUT2D eigenvalue weighted by molar-refractivity contribution is -0.280. The van der Waals surface area contributed by atoms with Crippen LogP contribution < -0.4 is 0 Å². The van der Waals surface area contributed by atoms with Gasteiger partial charge in [-0.1, -0.05) is 13.8 Å². The van der Waals surface area contributed by atoms with Crippen molar-refractivity contribution in [1.29, 1.82) is 0 Å². The number of hydrogen-bond acceptors (Lipinski definition) is 7. The van der Waals surface area contributed by atoms with Gasteiger partial charge in [-0.3, -0.25) is 9.59 Å². The van der Waals surface area contributed by atoms with E-state index in [-0.39, 0.29) is 48.3 Å². The van der Waals surface area contributed by atoms with Crippen LogP contribution in [0.3, 0.4) is 0 Å². The summed E-state index contributed by atoms with van der Waals surface area (Å²) in [5.41, 5.74) is -2.49. The molecule has 2 aliphatic carbocycles. The molecule has 3 fully saturated rings. The summed E-state index contributed by atoms with van der Waals surface area (Å²) in [4.78, 5) is 38.3. The topological polar surface area (TPSA) is 110 Å². The van der Waals surface area contributed by atoms with Crippen LogP contribution in [0.2, 0.25) is 0 Å². The number of carbonyl (C=O) groups excluding carboxylic acids is 3. The Bertz CT molecular complexity index is 755. The van der Waals surface area contributed by atoms with Gasteiger partial charge >= 0.3 is 5.97 Å². The molecule has 7 heteroatoms. The largest absolute Gasteiger partial charge is 0.483 e. The van der Waals surface area contributed by atoms with Gasteiger partial charge in [0.2, 0.25) is 0 Å². The Hall–Kier alpha value is -1.73. The smallest absolute Gasteiger partial charge is 0.346 e. The van der Waals surface area contributed by atoms with Crippen molar-refractivity contribution in [2.45, 2.75) is 63.8 Å². The van der Waals surface area contributed by atoms with Crippen LogP contribution in [0.25, 0.3) is 0 Å². The second-order valence-corrected chi connectivity index (χ2v) is 8.81. The number of aliphatic hydroxyl groups excluding tert-OH is 2. The maximum Gasteiger partial charge on any atom is 0.346 e. The molecule has 2 saturated heterocycles. The minimum atomic E-state index is -1.28. The van der Waals surface area contributed by atoms with Crippen molar-refractivity contribution in [3.05, 3.63) is 11.3 Å². The molecule has 27 heavy (non-hydrogen) atoms. The zero-order valence-electron chi connectivity index (χ0n) is 15.9. The van der Waals surface area contributed by atoms with E-state index in [1.807, 2.05) is 0 Å². The third-order valence-corrected chi connectivity index (χ3v) is 7.21. The van der Waals surface area contributed by atoms with Gasteiger partial charge in [0.1, 0.15) is 23.1 Å². The maximum atomic E-state index is 13.0. The zero-order valence-corrected chi connectivity index (χ0v) is 15.9. The van der Waals surface area contributed by atoms with Gasteiger partial charge < -0.3 is 19.7 Å². The molecule has 5 bridgehead atoms. The first-order valence-corrected chi connectivity index (χ1v) is 9.68. The Morgan fingerprint density at radius 1 is 1.15 bits per heavy atom. The van der Waals surface area contributed by atoms with Crippen LogP contribution in [0, 0.1) is 23.7 Å². The average molecular weight is 378 g/mol. The number of carbonyl (C=O) groups is 3. The second-order valence-electron chi connectivity index (χ2n) is 8.81. The monoisotopic (exact) mass is 378 g/mol. The van der Waals surface area contributed by atoms with E-state index >= 15 is 0 Å². The van der Waals surface area contributed by atoms with E-state index in [1.54, 1.807) is 20.8 Å². The molecule has 0 amide bonds. The van der Waals surface area contributed by atoms with E-state index < -0.39 is 41.0 Å². The van der Waals surface area contributed by atoms with Crippen molar-refractivity contribution in [3.8, 4) is 0 Å². The number of ketones is 2. The Morgan fingerprint density at radius 2 is 1.85 bits per heavy atom. The van der Waals surface area contributed by atoms with Gasteiger partial charge in [0.25, 0.3) is 0 Å². The average Bonchev–Trinajstić information content (AvgIpc) is 2.89. The van der Waals surface area contributed by atoms with Crippen LogP contribution in [0.1, 0.15) is 46.5 Å². The zero-order chi connectivity index (χ0) is 19.7. The maximum absolute atomic E-state index is 13.0. The lowest BCUT2D eigenvalue weighted by Gasteiger charge is -2.60. The Morgan fingerprint density at radius 3 is 2.52 bits per heavy atom. The number of ether oxygens (including phenoxy) is 2. The molecule has 148 valence electrons. The summed E-state index contributed by atoms with van der Waals surface area (Å²) in [5, 5.41) is 20.9. The standard InChI is InChI=1S/C20H26O7/c1-9-6-10(2)15(23)14-17-20(27-18(14)25)7-11(8-21)19(3,26-17)16(24)12(20)4-5-13(9)22/h9-12,16,21,24H,4-8H2,1-3H3/t9-,10+,11-,12+,16+,19+,20+/m1/s1. The quantitative estimate of drug-likeness (QED) is 0.515. The fourth-order valence-corrected chi connectivity index (χ4v) is 5.47. The SMILES string of the molecule is C[C@@H]1C[C@H](C)C(=O)C2=C3O[C@@]4(C)[C@@H](CO)C[C@]3(OC2=O)[C@@H](CCC1=O)[C@@H]4O. The van der Waals surface area contributed by atoms with E-state index in [0.29, 0.717) is 12.8 Å². The molecule has 5 aliphatic rings. The second kappa shape index (κ2) is 5.88. The van der Waals surface area contributed by atoms with Crippen molar-refractivity contribution in [2.75, 3.05) is 6.61 Å². The molecule has 7 nitrogen and oxygen atoms in total. The Kier molecular flexibility index (Phi) is 4.06. The number of Topliss-reactive ketones (excluding diaryl/α,β-unsaturated/α-hetero) is 2. The fourth-order valence-electron chi connectivity index (χ4n) is 5.47. The van der Waals surface area contributed by atoms with Crippen LogP contribution in [0.5, 0.6) is 0 Å². The number of rotatable bonds is 1. The normalized spacial score (nSPS) is 46.9. The van der Waals surface area contributed by atoms with Gasteiger partial charge in [0.05, 0.1) is 0 Å². The van der Waals surface area contributed by atoms with Crippen molar-refractivity contribution in [2.24, 2.45) is 23.7 Å².